The number of hydrogen-bond donors (Lipinski definition) is 1. The molecule has 1 N–H and O–H groups in total. The molecule has 0 saturated carbocycles. The zero-order chi connectivity index (χ0) is 15.5. The van der Waals surface area contributed by atoms with E-state index in [1.807, 2.05) is 36.4 Å². The van der Waals surface area contributed by atoms with Gasteiger partial charge in [-0.05, 0) is 58.4 Å². The molecule has 5 heteroatoms. The van der Waals surface area contributed by atoms with Crippen molar-refractivity contribution in [3.05, 3.63) is 59.2 Å². The molecule has 110 valence electrons. The van der Waals surface area contributed by atoms with Crippen molar-refractivity contribution < 1.29 is 9.84 Å². The minimum absolute atomic E-state index is 0.160. The largest absolute Gasteiger partial charge is 0.507 e. The number of halogens is 1. The Morgan fingerprint density at radius 2 is 1.59 bits per heavy atom. The lowest BCUT2D eigenvalue weighted by Gasteiger charge is -2.08. The van der Waals surface area contributed by atoms with E-state index in [4.69, 9.17) is 4.74 Å². The number of ether oxygens (including phenoxy) is 1. The number of hydrogen-bond acceptors (Lipinski definition) is 4. The van der Waals surface area contributed by atoms with Crippen LogP contribution in [0.1, 0.15) is 0 Å². The van der Waals surface area contributed by atoms with Crippen molar-refractivity contribution in [2.45, 2.75) is 0 Å². The number of nitrogens with zero attached hydrogens (tertiary/aromatic N) is 2. The average Bonchev–Trinajstić information content (AvgIpc) is 2.55. The standard InChI is InChI=1S/C17H13BrN2O2/c1-22-11-8-9-16(21)12(10-11)13-4-2-5-14(19-13)15-6-3-7-17(18)20-15/h2-10,21H,1H3. The number of methoxy groups -OCH3 is 1. The Bertz CT molecular complexity index is 821. The van der Waals surface area contributed by atoms with Gasteiger partial charge in [-0.15, -0.1) is 0 Å². The summed E-state index contributed by atoms with van der Waals surface area (Å²) in [4.78, 5) is 8.99. The molecule has 0 aliphatic heterocycles. The number of rotatable bonds is 3. The maximum atomic E-state index is 10.1. The number of phenolic OH excluding ortho intramolecular Hbond substituents is 1. The summed E-state index contributed by atoms with van der Waals surface area (Å²) < 4.78 is 5.96. The minimum atomic E-state index is 0.160. The first kappa shape index (κ1) is 14.5. The van der Waals surface area contributed by atoms with Gasteiger partial charge in [0.2, 0.25) is 0 Å². The van der Waals surface area contributed by atoms with E-state index in [0.717, 1.165) is 16.0 Å². The fraction of sp³-hybridized carbons (Fsp3) is 0.0588. The molecule has 3 rings (SSSR count). The molecule has 2 aromatic heterocycles. The maximum Gasteiger partial charge on any atom is 0.125 e. The fourth-order valence-corrected chi connectivity index (χ4v) is 2.47. The van der Waals surface area contributed by atoms with Crippen LogP contribution < -0.4 is 4.74 Å². The Balaban J connectivity index is 2.08. The Hall–Kier alpha value is -2.40. The maximum absolute atomic E-state index is 10.1. The Kier molecular flexibility index (Phi) is 4.06. The summed E-state index contributed by atoms with van der Waals surface area (Å²) in [5.41, 5.74) is 2.78. The van der Waals surface area contributed by atoms with E-state index in [1.165, 1.54) is 0 Å². The predicted molar refractivity (Wildman–Crippen MR) is 88.8 cm³/mol. The SMILES string of the molecule is COc1ccc(O)c(-c2cccc(-c3cccc(Br)n3)n2)c1. The summed E-state index contributed by atoms with van der Waals surface area (Å²) in [5, 5.41) is 10.1. The molecule has 22 heavy (non-hydrogen) atoms. The molecule has 0 aliphatic rings. The second-order valence-corrected chi connectivity index (χ2v) is 5.45. The van der Waals surface area contributed by atoms with Gasteiger partial charge in [-0.25, -0.2) is 9.97 Å². The molecule has 1 aromatic carbocycles. The molecular weight excluding hydrogens is 344 g/mol. The number of aromatic nitrogens is 2. The zero-order valence-electron chi connectivity index (χ0n) is 11.8. The van der Waals surface area contributed by atoms with Crippen LogP contribution in [0.3, 0.4) is 0 Å². The van der Waals surface area contributed by atoms with Crippen LogP contribution in [-0.2, 0) is 0 Å². The van der Waals surface area contributed by atoms with Crippen LogP contribution in [-0.4, -0.2) is 22.2 Å². The van der Waals surface area contributed by atoms with E-state index in [2.05, 4.69) is 25.9 Å². The van der Waals surface area contributed by atoms with Crippen molar-refractivity contribution in [2.24, 2.45) is 0 Å². The van der Waals surface area contributed by atoms with E-state index in [0.29, 0.717) is 17.0 Å². The average molecular weight is 357 g/mol. The number of aromatic hydroxyl groups is 1. The van der Waals surface area contributed by atoms with Gasteiger partial charge in [0.15, 0.2) is 0 Å². The predicted octanol–water partition coefficient (Wildman–Crippen LogP) is 4.29. The second kappa shape index (κ2) is 6.15. The lowest BCUT2D eigenvalue weighted by Crippen LogP contribution is -1.91. The molecule has 0 bridgehead atoms. The summed E-state index contributed by atoms with van der Waals surface area (Å²) in [7, 11) is 1.59. The lowest BCUT2D eigenvalue weighted by atomic mass is 10.1. The zero-order valence-corrected chi connectivity index (χ0v) is 13.4. The minimum Gasteiger partial charge on any atom is -0.507 e. The summed E-state index contributed by atoms with van der Waals surface area (Å²) >= 11 is 3.36. The van der Waals surface area contributed by atoms with E-state index in [1.54, 1.807) is 25.3 Å². The van der Waals surface area contributed by atoms with Crippen molar-refractivity contribution in [3.63, 3.8) is 0 Å². The smallest absolute Gasteiger partial charge is 0.125 e. The molecule has 3 aromatic rings. The van der Waals surface area contributed by atoms with E-state index in [9.17, 15) is 5.11 Å². The van der Waals surface area contributed by atoms with Crippen molar-refractivity contribution in [1.82, 2.24) is 9.97 Å². The van der Waals surface area contributed by atoms with Crippen LogP contribution in [0, 0.1) is 0 Å². The first-order chi connectivity index (χ1) is 10.7. The van der Waals surface area contributed by atoms with Crippen LogP contribution >= 0.6 is 15.9 Å². The Morgan fingerprint density at radius 1 is 0.909 bits per heavy atom. The summed E-state index contributed by atoms with van der Waals surface area (Å²) in [6, 6.07) is 16.3. The van der Waals surface area contributed by atoms with Crippen LogP contribution in [0.5, 0.6) is 11.5 Å². The van der Waals surface area contributed by atoms with Gasteiger partial charge in [-0.3, -0.25) is 0 Å². The number of benzene rings is 1. The third-order valence-corrected chi connectivity index (χ3v) is 3.65. The molecule has 4 nitrogen and oxygen atoms in total. The molecular formula is C17H13BrN2O2. The highest BCUT2D eigenvalue weighted by atomic mass is 79.9. The van der Waals surface area contributed by atoms with Crippen LogP contribution in [0.2, 0.25) is 0 Å². The third kappa shape index (κ3) is 2.94. The quantitative estimate of drug-likeness (QED) is 0.711. The Morgan fingerprint density at radius 3 is 2.32 bits per heavy atom. The molecule has 0 spiro atoms. The molecule has 0 unspecified atom stereocenters. The number of pyridine rings is 2. The normalized spacial score (nSPS) is 10.5. The fourth-order valence-electron chi connectivity index (χ4n) is 2.13. The van der Waals surface area contributed by atoms with Gasteiger partial charge in [0.25, 0.3) is 0 Å². The van der Waals surface area contributed by atoms with Crippen molar-refractivity contribution in [2.75, 3.05) is 7.11 Å². The first-order valence-corrected chi connectivity index (χ1v) is 7.44. The van der Waals surface area contributed by atoms with Crippen LogP contribution in [0.15, 0.2) is 59.2 Å². The van der Waals surface area contributed by atoms with Gasteiger partial charge in [-0.2, -0.15) is 0 Å². The highest BCUT2D eigenvalue weighted by Gasteiger charge is 2.09. The summed E-state index contributed by atoms with van der Waals surface area (Å²) in [5.74, 6) is 0.827. The Labute approximate surface area is 136 Å². The highest BCUT2D eigenvalue weighted by molar-refractivity contribution is 9.10. The van der Waals surface area contributed by atoms with Gasteiger partial charge in [0, 0.05) is 5.56 Å². The van der Waals surface area contributed by atoms with Gasteiger partial charge in [-0.1, -0.05) is 12.1 Å². The van der Waals surface area contributed by atoms with Gasteiger partial charge in [0.1, 0.15) is 16.1 Å². The first-order valence-electron chi connectivity index (χ1n) is 6.65. The van der Waals surface area contributed by atoms with Crippen LogP contribution in [0.4, 0.5) is 0 Å². The topological polar surface area (TPSA) is 55.2 Å². The van der Waals surface area contributed by atoms with Crippen molar-refractivity contribution in [1.29, 1.82) is 0 Å². The molecule has 0 saturated heterocycles. The van der Waals surface area contributed by atoms with E-state index >= 15 is 0 Å². The monoisotopic (exact) mass is 356 g/mol. The third-order valence-electron chi connectivity index (χ3n) is 3.21. The van der Waals surface area contributed by atoms with E-state index in [-0.39, 0.29) is 5.75 Å². The molecule has 0 aliphatic carbocycles. The summed E-state index contributed by atoms with van der Waals surface area (Å²) in [6.45, 7) is 0. The highest BCUT2D eigenvalue weighted by Crippen LogP contribution is 2.32. The van der Waals surface area contributed by atoms with Crippen molar-refractivity contribution in [3.8, 4) is 34.1 Å². The number of phenols is 1. The van der Waals surface area contributed by atoms with E-state index < -0.39 is 0 Å². The second-order valence-electron chi connectivity index (χ2n) is 4.64. The van der Waals surface area contributed by atoms with Gasteiger partial charge >= 0.3 is 0 Å². The molecule has 2 heterocycles. The molecule has 0 atom stereocenters. The molecule has 0 fully saturated rings. The van der Waals surface area contributed by atoms with Gasteiger partial charge in [0.05, 0.1) is 24.2 Å². The molecule has 0 radical (unpaired) electrons. The summed E-state index contributed by atoms with van der Waals surface area (Å²) in [6.07, 6.45) is 0. The van der Waals surface area contributed by atoms with Gasteiger partial charge < -0.3 is 9.84 Å². The lowest BCUT2D eigenvalue weighted by molar-refractivity contribution is 0.412. The molecule has 0 amide bonds. The van der Waals surface area contributed by atoms with Crippen molar-refractivity contribution >= 4 is 15.9 Å². The van der Waals surface area contributed by atoms with Crippen LogP contribution in [0.25, 0.3) is 22.6 Å².